The number of carbonyl (C=O) groups is 1. The molecule has 0 bridgehead atoms. The number of morpholine rings is 1. The highest BCUT2D eigenvalue weighted by Crippen LogP contribution is 2.27. The summed E-state index contributed by atoms with van der Waals surface area (Å²) >= 11 is 6.42. The number of ether oxygens (including phenoxy) is 1. The van der Waals surface area contributed by atoms with Crippen molar-refractivity contribution in [3.8, 4) is 0 Å². The monoisotopic (exact) mass is 358 g/mol. The highest BCUT2D eigenvalue weighted by atomic mass is 35.5. The number of aryl methyl sites for hydroxylation is 1. The molecule has 1 aliphatic heterocycles. The minimum Gasteiger partial charge on any atom is -0.379 e. The minimum absolute atomic E-state index is 0.0343. The van der Waals surface area contributed by atoms with Gasteiger partial charge in [0.2, 0.25) is 0 Å². The molecule has 5 heteroatoms. The Balaban J connectivity index is 1.74. The van der Waals surface area contributed by atoms with Crippen LogP contribution in [0.25, 0.3) is 0 Å². The molecular formula is C20H23ClN2O2. The van der Waals surface area contributed by atoms with Crippen molar-refractivity contribution in [3.05, 3.63) is 70.2 Å². The highest BCUT2D eigenvalue weighted by molar-refractivity contribution is 6.31. The number of amides is 1. The Morgan fingerprint density at radius 1 is 1.16 bits per heavy atom. The van der Waals surface area contributed by atoms with Gasteiger partial charge in [0.1, 0.15) is 0 Å². The van der Waals surface area contributed by atoms with Crippen molar-refractivity contribution < 1.29 is 9.53 Å². The van der Waals surface area contributed by atoms with Crippen LogP contribution < -0.4 is 5.32 Å². The molecule has 1 fully saturated rings. The third-order valence-electron chi connectivity index (χ3n) is 4.52. The number of carbonyl (C=O) groups excluding carboxylic acids is 1. The molecule has 1 amide bonds. The summed E-state index contributed by atoms with van der Waals surface area (Å²) in [6, 6.07) is 15.5. The molecule has 1 saturated heterocycles. The van der Waals surface area contributed by atoms with Gasteiger partial charge in [-0.05, 0) is 30.7 Å². The molecule has 0 spiro atoms. The van der Waals surface area contributed by atoms with E-state index >= 15 is 0 Å². The Hall–Kier alpha value is -1.88. The molecule has 0 radical (unpaired) electrons. The molecule has 2 aromatic carbocycles. The van der Waals surface area contributed by atoms with Gasteiger partial charge in [0.25, 0.3) is 5.91 Å². The van der Waals surface area contributed by atoms with Gasteiger partial charge in [-0.25, -0.2) is 0 Å². The third-order valence-corrected chi connectivity index (χ3v) is 4.86. The second-order valence-electron chi connectivity index (χ2n) is 6.26. The molecule has 0 saturated carbocycles. The summed E-state index contributed by atoms with van der Waals surface area (Å²) in [5.74, 6) is -0.0645. The lowest BCUT2D eigenvalue weighted by atomic mass is 10.0. The Labute approximate surface area is 153 Å². The van der Waals surface area contributed by atoms with Gasteiger partial charge in [-0.15, -0.1) is 0 Å². The first kappa shape index (κ1) is 17.9. The molecule has 0 unspecified atom stereocenters. The van der Waals surface area contributed by atoms with E-state index in [1.165, 1.54) is 0 Å². The summed E-state index contributed by atoms with van der Waals surface area (Å²) < 4.78 is 5.46. The number of nitrogens with one attached hydrogen (secondary N) is 1. The van der Waals surface area contributed by atoms with Gasteiger partial charge >= 0.3 is 0 Å². The summed E-state index contributed by atoms with van der Waals surface area (Å²) in [5.41, 5.74) is 2.85. The van der Waals surface area contributed by atoms with Gasteiger partial charge in [-0.1, -0.05) is 47.5 Å². The Morgan fingerprint density at radius 3 is 2.52 bits per heavy atom. The Bertz CT molecular complexity index is 712. The first-order valence-corrected chi connectivity index (χ1v) is 8.94. The van der Waals surface area contributed by atoms with Crippen LogP contribution in [0.5, 0.6) is 0 Å². The maximum Gasteiger partial charge on any atom is 0.251 e. The van der Waals surface area contributed by atoms with Crippen LogP contribution in [0.15, 0.2) is 48.5 Å². The molecule has 3 rings (SSSR count). The molecule has 132 valence electrons. The van der Waals surface area contributed by atoms with Crippen LogP contribution in [-0.4, -0.2) is 43.7 Å². The van der Waals surface area contributed by atoms with Crippen molar-refractivity contribution in [2.45, 2.75) is 13.0 Å². The fourth-order valence-corrected chi connectivity index (χ4v) is 3.33. The maximum absolute atomic E-state index is 12.5. The van der Waals surface area contributed by atoms with Crippen LogP contribution in [-0.2, 0) is 4.74 Å². The predicted octanol–water partition coefficient (Wildman–Crippen LogP) is 3.45. The number of hydrogen-bond donors (Lipinski definition) is 1. The van der Waals surface area contributed by atoms with Crippen LogP contribution in [0, 0.1) is 6.92 Å². The number of rotatable bonds is 5. The number of nitrogens with zero attached hydrogens (tertiary/aromatic N) is 1. The zero-order valence-electron chi connectivity index (χ0n) is 14.4. The molecule has 4 nitrogen and oxygen atoms in total. The van der Waals surface area contributed by atoms with Crippen LogP contribution in [0.1, 0.15) is 27.5 Å². The van der Waals surface area contributed by atoms with Crippen molar-refractivity contribution >= 4 is 17.5 Å². The second kappa shape index (κ2) is 8.48. The number of halogens is 1. The minimum atomic E-state index is -0.0645. The first-order chi connectivity index (χ1) is 12.1. The molecule has 1 atom stereocenters. The van der Waals surface area contributed by atoms with Crippen molar-refractivity contribution in [3.63, 3.8) is 0 Å². The Kier molecular flexibility index (Phi) is 6.08. The summed E-state index contributed by atoms with van der Waals surface area (Å²) in [4.78, 5) is 14.8. The molecule has 1 heterocycles. The lowest BCUT2D eigenvalue weighted by Gasteiger charge is -2.35. The van der Waals surface area contributed by atoms with E-state index in [1.54, 1.807) is 0 Å². The third kappa shape index (κ3) is 4.60. The summed E-state index contributed by atoms with van der Waals surface area (Å²) in [7, 11) is 0. The molecule has 0 aromatic heterocycles. The van der Waals surface area contributed by atoms with Crippen molar-refractivity contribution in [2.24, 2.45) is 0 Å². The molecular weight excluding hydrogens is 336 g/mol. The van der Waals surface area contributed by atoms with Gasteiger partial charge in [0.05, 0.1) is 19.3 Å². The molecule has 0 aliphatic carbocycles. The fourth-order valence-electron chi connectivity index (χ4n) is 3.07. The smallest absolute Gasteiger partial charge is 0.251 e. The summed E-state index contributed by atoms with van der Waals surface area (Å²) in [6.45, 7) is 5.58. The molecule has 1 aliphatic rings. The van der Waals surface area contributed by atoms with E-state index in [2.05, 4.69) is 10.2 Å². The van der Waals surface area contributed by atoms with Gasteiger partial charge in [0, 0.05) is 30.2 Å². The predicted molar refractivity (Wildman–Crippen MR) is 100 cm³/mol. The van der Waals surface area contributed by atoms with E-state index in [1.807, 2.05) is 55.5 Å². The van der Waals surface area contributed by atoms with Crippen molar-refractivity contribution in [1.29, 1.82) is 0 Å². The quantitative estimate of drug-likeness (QED) is 0.890. The van der Waals surface area contributed by atoms with E-state index in [4.69, 9.17) is 16.3 Å². The number of hydrogen-bond acceptors (Lipinski definition) is 3. The van der Waals surface area contributed by atoms with Crippen molar-refractivity contribution in [1.82, 2.24) is 10.2 Å². The summed E-state index contributed by atoms with van der Waals surface area (Å²) in [6.07, 6.45) is 0. The van der Waals surface area contributed by atoms with E-state index in [0.717, 1.165) is 29.2 Å². The van der Waals surface area contributed by atoms with Gasteiger partial charge in [0.15, 0.2) is 0 Å². The van der Waals surface area contributed by atoms with E-state index in [0.29, 0.717) is 25.3 Å². The lowest BCUT2D eigenvalue weighted by Crippen LogP contribution is -2.44. The van der Waals surface area contributed by atoms with Crippen LogP contribution in [0.4, 0.5) is 0 Å². The fraction of sp³-hybridized carbons (Fsp3) is 0.350. The summed E-state index contributed by atoms with van der Waals surface area (Å²) in [5, 5.41) is 3.79. The molecule has 1 N–H and O–H groups in total. The molecule has 2 aromatic rings. The van der Waals surface area contributed by atoms with Gasteiger partial charge in [-0.3, -0.25) is 9.69 Å². The van der Waals surface area contributed by atoms with Crippen LogP contribution in [0.2, 0.25) is 5.02 Å². The van der Waals surface area contributed by atoms with E-state index < -0.39 is 0 Å². The maximum atomic E-state index is 12.5. The van der Waals surface area contributed by atoms with Gasteiger partial charge in [-0.2, -0.15) is 0 Å². The van der Waals surface area contributed by atoms with E-state index in [9.17, 15) is 4.79 Å². The topological polar surface area (TPSA) is 41.6 Å². The standard InChI is InChI=1S/C20H23ClN2O2/c1-15-6-8-16(9-7-15)20(24)22-14-19(23-10-12-25-13-11-23)17-4-2-3-5-18(17)21/h2-9,19H,10-14H2,1H3,(H,22,24)/t19-/m0/s1. The van der Waals surface area contributed by atoms with E-state index in [-0.39, 0.29) is 11.9 Å². The number of benzene rings is 2. The lowest BCUT2D eigenvalue weighted by molar-refractivity contribution is 0.0162. The van der Waals surface area contributed by atoms with Crippen LogP contribution in [0.3, 0.4) is 0 Å². The zero-order valence-corrected chi connectivity index (χ0v) is 15.1. The van der Waals surface area contributed by atoms with Gasteiger partial charge < -0.3 is 10.1 Å². The molecule has 25 heavy (non-hydrogen) atoms. The largest absolute Gasteiger partial charge is 0.379 e. The Morgan fingerprint density at radius 2 is 1.84 bits per heavy atom. The average Bonchev–Trinajstić information content (AvgIpc) is 2.64. The average molecular weight is 359 g/mol. The van der Waals surface area contributed by atoms with Crippen LogP contribution >= 0.6 is 11.6 Å². The SMILES string of the molecule is Cc1ccc(C(=O)NC[C@@H](c2ccccc2Cl)N2CCOCC2)cc1. The second-order valence-corrected chi connectivity index (χ2v) is 6.67. The normalized spacial score (nSPS) is 16.4. The highest BCUT2D eigenvalue weighted by Gasteiger charge is 2.24. The van der Waals surface area contributed by atoms with Crippen molar-refractivity contribution in [2.75, 3.05) is 32.8 Å². The zero-order chi connectivity index (χ0) is 17.6. The first-order valence-electron chi connectivity index (χ1n) is 8.56.